The zero-order valence-electron chi connectivity index (χ0n) is 10.9. The number of carboxylic acids is 1. The highest BCUT2D eigenvalue weighted by molar-refractivity contribution is 5.92. The lowest BCUT2D eigenvalue weighted by Crippen LogP contribution is -2.59. The summed E-state index contributed by atoms with van der Waals surface area (Å²) in [5, 5.41) is 14.6. The molecule has 3 atom stereocenters. The van der Waals surface area contributed by atoms with E-state index < -0.39 is 12.0 Å². The van der Waals surface area contributed by atoms with Crippen LogP contribution in [-0.2, 0) is 14.4 Å². The van der Waals surface area contributed by atoms with Gasteiger partial charge in [0.05, 0.1) is 12.3 Å². The van der Waals surface area contributed by atoms with Crippen LogP contribution in [0.5, 0.6) is 0 Å². The Morgan fingerprint density at radius 1 is 1.42 bits per heavy atom. The topological polar surface area (TPSA) is 98.7 Å². The molecule has 3 N–H and O–H groups in total. The lowest BCUT2D eigenvalue weighted by Gasteiger charge is -2.36. The first-order valence-corrected chi connectivity index (χ1v) is 6.51. The Bertz CT molecular complexity index is 398. The van der Waals surface area contributed by atoms with Crippen molar-refractivity contribution in [3.8, 4) is 0 Å². The van der Waals surface area contributed by atoms with E-state index >= 15 is 0 Å². The van der Waals surface area contributed by atoms with Crippen LogP contribution in [0.15, 0.2) is 0 Å². The van der Waals surface area contributed by atoms with Crippen molar-refractivity contribution in [2.24, 2.45) is 11.8 Å². The molecule has 0 aromatic heterocycles. The van der Waals surface area contributed by atoms with Crippen LogP contribution in [0.1, 0.15) is 13.3 Å². The molecule has 19 heavy (non-hydrogen) atoms. The van der Waals surface area contributed by atoms with Crippen LogP contribution in [0, 0.1) is 11.8 Å². The molecule has 2 aliphatic rings. The van der Waals surface area contributed by atoms with E-state index in [0.717, 1.165) is 6.54 Å². The number of nitrogens with one attached hydrogen (secondary N) is 2. The van der Waals surface area contributed by atoms with E-state index in [1.54, 1.807) is 0 Å². The van der Waals surface area contributed by atoms with Gasteiger partial charge in [0.2, 0.25) is 11.8 Å². The monoisotopic (exact) mass is 269 g/mol. The maximum Gasteiger partial charge on any atom is 0.305 e. The molecular weight excluding hydrogens is 250 g/mol. The van der Waals surface area contributed by atoms with Gasteiger partial charge in [0, 0.05) is 19.6 Å². The van der Waals surface area contributed by atoms with Crippen molar-refractivity contribution in [3.05, 3.63) is 0 Å². The van der Waals surface area contributed by atoms with Crippen molar-refractivity contribution in [1.82, 2.24) is 15.5 Å². The third-order valence-electron chi connectivity index (χ3n) is 3.82. The SMILES string of the molecule is C[C@@H]1CNC[C@H]1C(=O)N1CCNC(=O)C1CC(=O)O. The van der Waals surface area contributed by atoms with Crippen LogP contribution >= 0.6 is 0 Å². The van der Waals surface area contributed by atoms with Crippen LogP contribution in [0.4, 0.5) is 0 Å². The summed E-state index contributed by atoms with van der Waals surface area (Å²) in [6.07, 6.45) is -0.341. The lowest BCUT2D eigenvalue weighted by atomic mass is 9.95. The molecule has 106 valence electrons. The molecule has 1 unspecified atom stereocenters. The number of hydrogen-bond donors (Lipinski definition) is 3. The highest BCUT2D eigenvalue weighted by Crippen LogP contribution is 2.21. The molecule has 0 aromatic rings. The van der Waals surface area contributed by atoms with Gasteiger partial charge in [-0.2, -0.15) is 0 Å². The average molecular weight is 269 g/mol. The predicted molar refractivity (Wildman–Crippen MR) is 66.3 cm³/mol. The zero-order valence-corrected chi connectivity index (χ0v) is 10.9. The molecule has 2 aliphatic heterocycles. The van der Waals surface area contributed by atoms with Crippen LogP contribution in [0.3, 0.4) is 0 Å². The second-order valence-corrected chi connectivity index (χ2v) is 5.18. The van der Waals surface area contributed by atoms with Crippen LogP contribution in [0.2, 0.25) is 0 Å². The summed E-state index contributed by atoms with van der Waals surface area (Å²) in [5.41, 5.74) is 0. The minimum absolute atomic E-state index is 0.112. The number of carboxylic acid groups (broad SMARTS) is 1. The fourth-order valence-electron chi connectivity index (χ4n) is 2.70. The molecule has 2 heterocycles. The second kappa shape index (κ2) is 5.56. The summed E-state index contributed by atoms with van der Waals surface area (Å²) in [6.45, 7) is 4.12. The van der Waals surface area contributed by atoms with E-state index in [0.29, 0.717) is 19.6 Å². The van der Waals surface area contributed by atoms with Gasteiger partial charge in [0.1, 0.15) is 6.04 Å². The van der Waals surface area contributed by atoms with Gasteiger partial charge in [-0.05, 0) is 12.5 Å². The highest BCUT2D eigenvalue weighted by Gasteiger charge is 2.40. The maximum absolute atomic E-state index is 12.5. The van der Waals surface area contributed by atoms with E-state index in [4.69, 9.17) is 5.11 Å². The number of carbonyl (C=O) groups is 3. The number of nitrogens with zero attached hydrogens (tertiary/aromatic N) is 1. The van der Waals surface area contributed by atoms with Crippen molar-refractivity contribution in [1.29, 1.82) is 0 Å². The molecule has 2 saturated heterocycles. The van der Waals surface area contributed by atoms with Gasteiger partial charge in [-0.15, -0.1) is 0 Å². The van der Waals surface area contributed by atoms with E-state index in [9.17, 15) is 14.4 Å². The highest BCUT2D eigenvalue weighted by atomic mass is 16.4. The summed E-state index contributed by atoms with van der Waals surface area (Å²) in [7, 11) is 0. The number of aliphatic carboxylic acids is 1. The first-order valence-electron chi connectivity index (χ1n) is 6.51. The second-order valence-electron chi connectivity index (χ2n) is 5.18. The number of hydrogen-bond acceptors (Lipinski definition) is 4. The molecule has 2 rings (SSSR count). The average Bonchev–Trinajstić information content (AvgIpc) is 2.77. The van der Waals surface area contributed by atoms with Crippen molar-refractivity contribution >= 4 is 17.8 Å². The third kappa shape index (κ3) is 2.86. The summed E-state index contributed by atoms with van der Waals surface area (Å²) < 4.78 is 0. The molecular formula is C12H19N3O4. The number of carbonyl (C=O) groups excluding carboxylic acids is 2. The van der Waals surface area contributed by atoms with Gasteiger partial charge in [-0.3, -0.25) is 14.4 Å². The summed E-state index contributed by atoms with van der Waals surface area (Å²) in [4.78, 5) is 36.5. The van der Waals surface area contributed by atoms with E-state index in [1.807, 2.05) is 6.92 Å². The first kappa shape index (κ1) is 13.8. The normalized spacial score (nSPS) is 31.1. The Morgan fingerprint density at radius 2 is 2.16 bits per heavy atom. The maximum atomic E-state index is 12.5. The van der Waals surface area contributed by atoms with Gasteiger partial charge in [0.25, 0.3) is 0 Å². The van der Waals surface area contributed by atoms with Crippen LogP contribution in [-0.4, -0.2) is 60.0 Å². The van der Waals surface area contributed by atoms with E-state index in [1.165, 1.54) is 4.90 Å². The molecule has 0 bridgehead atoms. The molecule has 7 nitrogen and oxygen atoms in total. The van der Waals surface area contributed by atoms with E-state index in [2.05, 4.69) is 10.6 Å². The number of amides is 2. The fourth-order valence-corrected chi connectivity index (χ4v) is 2.70. The fraction of sp³-hybridized carbons (Fsp3) is 0.750. The third-order valence-corrected chi connectivity index (χ3v) is 3.82. The molecule has 2 amide bonds. The van der Waals surface area contributed by atoms with Gasteiger partial charge in [0.15, 0.2) is 0 Å². The first-order chi connectivity index (χ1) is 9.00. The molecule has 7 heteroatoms. The minimum atomic E-state index is -1.07. The van der Waals surface area contributed by atoms with Gasteiger partial charge >= 0.3 is 5.97 Å². The Morgan fingerprint density at radius 3 is 2.74 bits per heavy atom. The van der Waals surface area contributed by atoms with Crippen molar-refractivity contribution in [2.45, 2.75) is 19.4 Å². The molecule has 0 saturated carbocycles. The number of piperazine rings is 1. The van der Waals surface area contributed by atoms with E-state index in [-0.39, 0.29) is 30.1 Å². The molecule has 0 aliphatic carbocycles. The predicted octanol–water partition coefficient (Wildman–Crippen LogP) is -1.36. The largest absolute Gasteiger partial charge is 0.481 e. The molecule has 0 aromatic carbocycles. The Balaban J connectivity index is 2.12. The molecule has 0 spiro atoms. The van der Waals surface area contributed by atoms with Gasteiger partial charge < -0.3 is 20.6 Å². The Kier molecular flexibility index (Phi) is 4.04. The van der Waals surface area contributed by atoms with Crippen LogP contribution in [0.25, 0.3) is 0 Å². The smallest absolute Gasteiger partial charge is 0.305 e. The Hall–Kier alpha value is -1.63. The van der Waals surface area contributed by atoms with Crippen molar-refractivity contribution in [3.63, 3.8) is 0 Å². The molecule has 2 fully saturated rings. The van der Waals surface area contributed by atoms with Gasteiger partial charge in [-0.25, -0.2) is 0 Å². The lowest BCUT2D eigenvalue weighted by molar-refractivity contribution is -0.150. The number of rotatable bonds is 3. The quantitative estimate of drug-likeness (QED) is 0.588. The van der Waals surface area contributed by atoms with Crippen molar-refractivity contribution in [2.75, 3.05) is 26.2 Å². The standard InChI is InChI=1S/C12H19N3O4/c1-7-5-13-6-8(7)12(19)15-3-2-14-11(18)9(15)4-10(16)17/h7-9,13H,2-6H2,1H3,(H,14,18)(H,16,17)/t7-,8-,9?/m1/s1. The summed E-state index contributed by atoms with van der Waals surface area (Å²) in [6, 6.07) is -0.883. The summed E-state index contributed by atoms with van der Waals surface area (Å²) >= 11 is 0. The zero-order chi connectivity index (χ0) is 14.0. The molecule has 0 radical (unpaired) electrons. The Labute approximate surface area is 111 Å². The van der Waals surface area contributed by atoms with Gasteiger partial charge in [-0.1, -0.05) is 6.92 Å². The van der Waals surface area contributed by atoms with Crippen LogP contribution < -0.4 is 10.6 Å². The minimum Gasteiger partial charge on any atom is -0.481 e. The van der Waals surface area contributed by atoms with Crippen molar-refractivity contribution < 1.29 is 19.5 Å². The summed E-state index contributed by atoms with van der Waals surface area (Å²) in [5.74, 6) is -1.51.